The van der Waals surface area contributed by atoms with E-state index >= 15 is 0 Å². The van der Waals surface area contributed by atoms with Gasteiger partial charge >= 0.3 is 5.82 Å². The topological polar surface area (TPSA) is 42.8 Å². The first-order valence-corrected chi connectivity index (χ1v) is 6.70. The van der Waals surface area contributed by atoms with Crippen LogP contribution >= 0.6 is 11.6 Å². The van der Waals surface area contributed by atoms with E-state index in [1.807, 2.05) is 18.2 Å². The van der Waals surface area contributed by atoms with E-state index in [0.717, 1.165) is 28.1 Å². The molecule has 0 fully saturated rings. The van der Waals surface area contributed by atoms with Gasteiger partial charge in [-0.25, -0.2) is 4.98 Å². The van der Waals surface area contributed by atoms with Crippen molar-refractivity contribution in [2.75, 3.05) is 0 Å². The molecule has 2 N–H and O–H groups in total. The van der Waals surface area contributed by atoms with E-state index in [0.29, 0.717) is 11.1 Å². The average Bonchev–Trinajstić information content (AvgIpc) is 2.84. The highest BCUT2D eigenvalue weighted by Gasteiger charge is 2.19. The SMILES string of the molecule is CC(C)c1nc(Cl)c2[nH]c(-c3ccccc3)cc2[nH+]1. The van der Waals surface area contributed by atoms with E-state index in [1.54, 1.807) is 0 Å². The van der Waals surface area contributed by atoms with E-state index in [-0.39, 0.29) is 0 Å². The summed E-state index contributed by atoms with van der Waals surface area (Å²) < 4.78 is 0. The zero-order valence-corrected chi connectivity index (χ0v) is 11.6. The van der Waals surface area contributed by atoms with Crippen LogP contribution in [0.1, 0.15) is 25.6 Å². The molecule has 0 radical (unpaired) electrons. The smallest absolute Gasteiger partial charge is 0.301 e. The standard InChI is InChI=1S/C15H14ClN3/c1-9(2)15-18-12-8-11(10-6-4-3-5-7-10)17-13(12)14(16)19-15/h3-9,17H,1-2H3/p+1. The molecule has 0 bridgehead atoms. The summed E-state index contributed by atoms with van der Waals surface area (Å²) in [5.74, 6) is 1.22. The number of halogens is 1. The van der Waals surface area contributed by atoms with Gasteiger partial charge in [-0.3, -0.25) is 0 Å². The fourth-order valence-electron chi connectivity index (χ4n) is 2.09. The molecule has 3 nitrogen and oxygen atoms in total. The van der Waals surface area contributed by atoms with Crippen molar-refractivity contribution in [3.8, 4) is 11.3 Å². The van der Waals surface area contributed by atoms with Gasteiger partial charge in [0.15, 0.2) is 11.0 Å². The third kappa shape index (κ3) is 2.22. The van der Waals surface area contributed by atoms with Crippen LogP contribution in [0.2, 0.25) is 5.15 Å². The second-order valence-corrected chi connectivity index (χ2v) is 5.26. The predicted molar refractivity (Wildman–Crippen MR) is 77.2 cm³/mol. The molecule has 2 heterocycles. The number of aromatic amines is 2. The van der Waals surface area contributed by atoms with Crippen molar-refractivity contribution in [3.63, 3.8) is 0 Å². The first-order chi connectivity index (χ1) is 9.15. The van der Waals surface area contributed by atoms with Crippen molar-refractivity contribution in [1.29, 1.82) is 0 Å². The molecule has 0 aliphatic heterocycles. The molecule has 0 spiro atoms. The maximum Gasteiger partial charge on any atom is 0.301 e. The van der Waals surface area contributed by atoms with E-state index in [2.05, 4.69) is 47.0 Å². The highest BCUT2D eigenvalue weighted by atomic mass is 35.5. The van der Waals surface area contributed by atoms with Crippen LogP contribution in [0.25, 0.3) is 22.3 Å². The van der Waals surface area contributed by atoms with Gasteiger partial charge < -0.3 is 4.98 Å². The van der Waals surface area contributed by atoms with Gasteiger partial charge in [0.25, 0.3) is 5.15 Å². The third-order valence-electron chi connectivity index (χ3n) is 3.14. The first-order valence-electron chi connectivity index (χ1n) is 6.32. The van der Waals surface area contributed by atoms with Crippen molar-refractivity contribution < 1.29 is 4.98 Å². The molecule has 19 heavy (non-hydrogen) atoms. The monoisotopic (exact) mass is 272 g/mol. The first kappa shape index (κ1) is 12.2. The number of nitrogens with one attached hydrogen (secondary N) is 2. The van der Waals surface area contributed by atoms with Crippen LogP contribution in [-0.4, -0.2) is 9.97 Å². The van der Waals surface area contributed by atoms with Gasteiger partial charge in [0.2, 0.25) is 0 Å². The fraction of sp³-hybridized carbons (Fsp3) is 0.200. The van der Waals surface area contributed by atoms with Crippen LogP contribution in [0.3, 0.4) is 0 Å². The number of hydrogen-bond acceptors (Lipinski definition) is 1. The molecule has 0 aliphatic rings. The minimum absolute atomic E-state index is 0.317. The summed E-state index contributed by atoms with van der Waals surface area (Å²) in [7, 11) is 0. The Morgan fingerprint density at radius 2 is 1.95 bits per heavy atom. The third-order valence-corrected chi connectivity index (χ3v) is 3.41. The van der Waals surface area contributed by atoms with Gasteiger partial charge in [0.1, 0.15) is 0 Å². The molecular weight excluding hydrogens is 258 g/mol. The minimum Gasteiger partial charge on any atom is -0.347 e. The lowest BCUT2D eigenvalue weighted by atomic mass is 10.1. The lowest BCUT2D eigenvalue weighted by molar-refractivity contribution is -0.365. The van der Waals surface area contributed by atoms with Crippen molar-refractivity contribution in [1.82, 2.24) is 9.97 Å². The largest absolute Gasteiger partial charge is 0.347 e. The molecule has 2 aromatic heterocycles. The molecule has 0 saturated carbocycles. The van der Waals surface area contributed by atoms with E-state index in [1.165, 1.54) is 0 Å². The molecule has 3 aromatic rings. The Labute approximate surface area is 116 Å². The summed E-state index contributed by atoms with van der Waals surface area (Å²) in [5, 5.41) is 0.514. The molecule has 3 rings (SSSR count). The van der Waals surface area contributed by atoms with Crippen LogP contribution in [0, 0.1) is 0 Å². The quantitative estimate of drug-likeness (QED) is 0.708. The Hall–Kier alpha value is -1.87. The van der Waals surface area contributed by atoms with Crippen LogP contribution in [0.5, 0.6) is 0 Å². The van der Waals surface area contributed by atoms with Gasteiger partial charge in [-0.2, -0.15) is 0 Å². The molecule has 1 aromatic carbocycles. The van der Waals surface area contributed by atoms with Gasteiger partial charge in [-0.1, -0.05) is 44.2 Å². The molecule has 0 amide bonds. The van der Waals surface area contributed by atoms with Gasteiger partial charge in [0, 0.05) is 6.07 Å². The van der Waals surface area contributed by atoms with Crippen molar-refractivity contribution in [2.24, 2.45) is 0 Å². The second-order valence-electron chi connectivity index (χ2n) is 4.91. The van der Waals surface area contributed by atoms with Gasteiger partial charge in [-0.05, 0) is 22.1 Å². The van der Waals surface area contributed by atoms with Crippen LogP contribution in [0.4, 0.5) is 0 Å². The van der Waals surface area contributed by atoms with Crippen LogP contribution in [0.15, 0.2) is 36.4 Å². The Kier molecular flexibility index (Phi) is 2.99. The molecule has 0 aliphatic carbocycles. The van der Waals surface area contributed by atoms with E-state index in [4.69, 9.17) is 11.6 Å². The summed E-state index contributed by atoms with van der Waals surface area (Å²) in [6, 6.07) is 12.2. The predicted octanol–water partition coefficient (Wildman–Crippen LogP) is 3.82. The maximum absolute atomic E-state index is 6.24. The van der Waals surface area contributed by atoms with Gasteiger partial charge in [-0.15, -0.1) is 0 Å². The number of benzene rings is 1. The summed E-state index contributed by atoms with van der Waals surface area (Å²) >= 11 is 6.24. The Bertz CT molecular complexity index is 717. The Morgan fingerprint density at radius 3 is 2.63 bits per heavy atom. The second kappa shape index (κ2) is 4.67. The van der Waals surface area contributed by atoms with Crippen molar-refractivity contribution in [2.45, 2.75) is 19.8 Å². The molecule has 0 unspecified atom stereocenters. The Balaban J connectivity index is 2.18. The number of aromatic nitrogens is 3. The lowest BCUT2D eigenvalue weighted by Gasteiger charge is -1.95. The maximum atomic E-state index is 6.24. The number of rotatable bonds is 2. The Morgan fingerprint density at radius 1 is 1.21 bits per heavy atom. The number of H-pyrrole nitrogens is 2. The summed E-state index contributed by atoms with van der Waals surface area (Å²) in [6.45, 7) is 4.18. The summed E-state index contributed by atoms with van der Waals surface area (Å²) in [4.78, 5) is 11.0. The molecular formula is C15H15ClN3+. The zero-order valence-electron chi connectivity index (χ0n) is 10.9. The van der Waals surface area contributed by atoms with Crippen molar-refractivity contribution in [3.05, 3.63) is 47.4 Å². The number of fused-ring (bicyclic) bond motifs is 1. The average molecular weight is 273 g/mol. The minimum atomic E-state index is 0.317. The highest BCUT2D eigenvalue weighted by molar-refractivity contribution is 6.33. The number of nitrogens with zero attached hydrogens (tertiary/aromatic N) is 1. The van der Waals surface area contributed by atoms with E-state index in [9.17, 15) is 0 Å². The normalized spacial score (nSPS) is 11.4. The highest BCUT2D eigenvalue weighted by Crippen LogP contribution is 2.25. The molecule has 0 saturated heterocycles. The molecule has 4 heteroatoms. The summed E-state index contributed by atoms with van der Waals surface area (Å²) in [6.07, 6.45) is 0. The van der Waals surface area contributed by atoms with Crippen LogP contribution in [-0.2, 0) is 0 Å². The van der Waals surface area contributed by atoms with E-state index < -0.39 is 0 Å². The van der Waals surface area contributed by atoms with Gasteiger partial charge in [0.05, 0.1) is 11.6 Å². The van der Waals surface area contributed by atoms with Crippen LogP contribution < -0.4 is 4.98 Å². The zero-order chi connectivity index (χ0) is 13.4. The fourth-order valence-corrected chi connectivity index (χ4v) is 2.33. The van der Waals surface area contributed by atoms with Crippen molar-refractivity contribution >= 4 is 22.6 Å². The summed E-state index contributed by atoms with van der Waals surface area (Å²) in [5.41, 5.74) is 4.01. The number of hydrogen-bond donors (Lipinski definition) is 1. The lowest BCUT2D eigenvalue weighted by Crippen LogP contribution is -2.15. The molecule has 0 atom stereocenters. The molecule has 96 valence electrons.